The van der Waals surface area contributed by atoms with Crippen LogP contribution in [0.2, 0.25) is 0 Å². The number of Topliss-reactive ketones (excluding diaryl/α,β-unsaturated/α-hetero) is 1. The van der Waals surface area contributed by atoms with Crippen molar-refractivity contribution >= 4 is 23.1 Å². The van der Waals surface area contributed by atoms with Gasteiger partial charge in [-0.25, -0.2) is 9.78 Å². The van der Waals surface area contributed by atoms with E-state index in [1.807, 2.05) is 6.92 Å². The summed E-state index contributed by atoms with van der Waals surface area (Å²) in [6, 6.07) is 10.2. The number of rotatable bonds is 14. The molecule has 9 heteroatoms. The molecule has 0 fully saturated rings. The quantitative estimate of drug-likeness (QED) is 0.107. The van der Waals surface area contributed by atoms with E-state index in [1.165, 1.54) is 23.5 Å². The number of hydrogen-bond donors (Lipinski definition) is 0. The highest BCUT2D eigenvalue weighted by Crippen LogP contribution is 2.34. The van der Waals surface area contributed by atoms with Gasteiger partial charge in [-0.05, 0) is 82.9 Å². The molecule has 0 saturated carbocycles. The molecule has 0 atom stereocenters. The summed E-state index contributed by atoms with van der Waals surface area (Å²) in [5.41, 5.74) is 0.950. The Hall–Kier alpha value is -3.20. The number of carbonyl (C=O) groups is 2. The number of aryl methyl sites for hydroxylation is 3. The van der Waals surface area contributed by atoms with E-state index in [0.717, 1.165) is 60.4 Å². The molecular formula is C32H38F3NO4S. The van der Waals surface area contributed by atoms with Crippen LogP contribution in [0.15, 0.2) is 42.5 Å². The van der Waals surface area contributed by atoms with Crippen molar-refractivity contribution in [2.45, 2.75) is 91.3 Å². The average molecular weight is 590 g/mol. The van der Waals surface area contributed by atoms with Crippen LogP contribution in [0.25, 0.3) is 10.6 Å². The van der Waals surface area contributed by atoms with Crippen molar-refractivity contribution in [1.29, 1.82) is 0 Å². The molecule has 3 aromatic rings. The van der Waals surface area contributed by atoms with Crippen molar-refractivity contribution in [3.05, 3.63) is 69.7 Å². The standard InChI is InChI=1S/C32H38F3NO4S/c1-6-8-9-10-11-25-28(41-29(36-25)22-12-15-24(16-13-22)32(33,34)35)19-17-26(37)23-14-18-27(21(3)20-23)40-31(4,5)30(38)39-7-2/h12-16,18,20H,6-11,17,19H2,1-5H3. The van der Waals surface area contributed by atoms with Crippen LogP contribution in [0.4, 0.5) is 13.2 Å². The number of benzene rings is 2. The minimum absolute atomic E-state index is 0.0364. The second-order valence-corrected chi connectivity index (χ2v) is 11.6. The van der Waals surface area contributed by atoms with Crippen molar-refractivity contribution in [1.82, 2.24) is 4.98 Å². The number of alkyl halides is 3. The van der Waals surface area contributed by atoms with E-state index in [2.05, 4.69) is 6.92 Å². The minimum atomic E-state index is -4.39. The van der Waals surface area contributed by atoms with Crippen LogP contribution < -0.4 is 4.74 Å². The summed E-state index contributed by atoms with van der Waals surface area (Å²) in [4.78, 5) is 31.1. The molecule has 0 aliphatic carbocycles. The van der Waals surface area contributed by atoms with E-state index in [-0.39, 0.29) is 18.8 Å². The largest absolute Gasteiger partial charge is 0.476 e. The maximum atomic E-state index is 13.1. The van der Waals surface area contributed by atoms with Crippen LogP contribution in [0.1, 0.15) is 91.9 Å². The second kappa shape index (κ2) is 14.1. The summed E-state index contributed by atoms with van der Waals surface area (Å²) < 4.78 is 50.0. The maximum Gasteiger partial charge on any atom is 0.416 e. The van der Waals surface area contributed by atoms with Gasteiger partial charge in [0, 0.05) is 22.4 Å². The lowest BCUT2D eigenvalue weighted by Crippen LogP contribution is -2.39. The summed E-state index contributed by atoms with van der Waals surface area (Å²) in [6.45, 7) is 9.22. The first-order chi connectivity index (χ1) is 19.4. The molecule has 0 saturated heterocycles. The predicted molar refractivity (Wildman–Crippen MR) is 156 cm³/mol. The number of aromatic nitrogens is 1. The third kappa shape index (κ3) is 8.89. The Bertz CT molecular complexity index is 1330. The average Bonchev–Trinajstić information content (AvgIpc) is 3.33. The van der Waals surface area contributed by atoms with Gasteiger partial charge in [-0.15, -0.1) is 11.3 Å². The lowest BCUT2D eigenvalue weighted by atomic mass is 10.0. The highest BCUT2D eigenvalue weighted by atomic mass is 32.1. The van der Waals surface area contributed by atoms with Gasteiger partial charge >= 0.3 is 12.1 Å². The molecule has 0 bridgehead atoms. The van der Waals surface area contributed by atoms with Crippen molar-refractivity contribution in [3.8, 4) is 16.3 Å². The predicted octanol–water partition coefficient (Wildman–Crippen LogP) is 8.80. The van der Waals surface area contributed by atoms with Crippen molar-refractivity contribution in [2.24, 2.45) is 0 Å². The maximum absolute atomic E-state index is 13.1. The molecule has 1 heterocycles. The fraction of sp³-hybridized carbons (Fsp3) is 0.469. The summed E-state index contributed by atoms with van der Waals surface area (Å²) >= 11 is 1.44. The molecule has 3 rings (SSSR count). The molecule has 0 aliphatic heterocycles. The fourth-order valence-corrected chi connectivity index (χ4v) is 5.46. The van der Waals surface area contributed by atoms with E-state index in [1.54, 1.807) is 39.0 Å². The van der Waals surface area contributed by atoms with Crippen molar-refractivity contribution in [2.75, 3.05) is 6.61 Å². The Morgan fingerprint density at radius 2 is 1.66 bits per heavy atom. The molecule has 0 aliphatic rings. The van der Waals surface area contributed by atoms with Crippen LogP contribution in [0, 0.1) is 6.92 Å². The minimum Gasteiger partial charge on any atom is -0.476 e. The molecule has 1 aromatic heterocycles. The van der Waals surface area contributed by atoms with Crippen LogP contribution in [0.5, 0.6) is 5.75 Å². The lowest BCUT2D eigenvalue weighted by Gasteiger charge is -2.25. The van der Waals surface area contributed by atoms with E-state index in [4.69, 9.17) is 14.5 Å². The summed E-state index contributed by atoms with van der Waals surface area (Å²) in [5.74, 6) is -0.00593. The molecule has 5 nitrogen and oxygen atoms in total. The number of hydrogen-bond acceptors (Lipinski definition) is 6. The third-order valence-electron chi connectivity index (χ3n) is 6.71. The Morgan fingerprint density at radius 3 is 2.27 bits per heavy atom. The molecule has 0 amide bonds. The molecule has 222 valence electrons. The monoisotopic (exact) mass is 589 g/mol. The highest BCUT2D eigenvalue weighted by Gasteiger charge is 2.32. The van der Waals surface area contributed by atoms with Crippen LogP contribution in [-0.4, -0.2) is 28.9 Å². The Kier molecular flexibility index (Phi) is 11.1. The number of nitrogens with zero attached hydrogens (tertiary/aromatic N) is 1. The van der Waals surface area contributed by atoms with E-state index >= 15 is 0 Å². The molecule has 0 spiro atoms. The Balaban J connectivity index is 1.74. The topological polar surface area (TPSA) is 65.5 Å². The number of thiazole rings is 1. The van der Waals surface area contributed by atoms with Gasteiger partial charge < -0.3 is 9.47 Å². The smallest absolute Gasteiger partial charge is 0.416 e. The molecule has 0 radical (unpaired) electrons. The highest BCUT2D eigenvalue weighted by molar-refractivity contribution is 7.15. The SMILES string of the molecule is CCCCCCc1nc(-c2ccc(C(F)(F)F)cc2)sc1CCC(=O)c1ccc(OC(C)(C)C(=O)OCC)c(C)c1. The zero-order chi connectivity index (χ0) is 30.2. The normalized spacial score (nSPS) is 11.9. The summed E-state index contributed by atoms with van der Waals surface area (Å²) in [7, 11) is 0. The molecule has 41 heavy (non-hydrogen) atoms. The van der Waals surface area contributed by atoms with Gasteiger partial charge in [0.05, 0.1) is 17.9 Å². The molecular weight excluding hydrogens is 551 g/mol. The van der Waals surface area contributed by atoms with E-state index in [9.17, 15) is 22.8 Å². The van der Waals surface area contributed by atoms with Crippen LogP contribution >= 0.6 is 11.3 Å². The van der Waals surface area contributed by atoms with Crippen molar-refractivity contribution < 1.29 is 32.2 Å². The van der Waals surface area contributed by atoms with Crippen LogP contribution in [-0.2, 0) is 28.5 Å². The number of ketones is 1. The Morgan fingerprint density at radius 1 is 0.951 bits per heavy atom. The van der Waals surface area contributed by atoms with E-state index in [0.29, 0.717) is 28.3 Å². The zero-order valence-electron chi connectivity index (χ0n) is 24.3. The van der Waals surface area contributed by atoms with Gasteiger partial charge in [-0.2, -0.15) is 13.2 Å². The second-order valence-electron chi connectivity index (χ2n) is 10.5. The van der Waals surface area contributed by atoms with Gasteiger partial charge in [0.2, 0.25) is 0 Å². The van der Waals surface area contributed by atoms with Gasteiger partial charge in [0.15, 0.2) is 11.4 Å². The first kappa shape index (κ1) is 32.3. The molecule has 0 N–H and O–H groups in total. The lowest BCUT2D eigenvalue weighted by molar-refractivity contribution is -0.158. The van der Waals surface area contributed by atoms with Crippen molar-refractivity contribution in [3.63, 3.8) is 0 Å². The number of halogens is 3. The summed E-state index contributed by atoms with van der Waals surface area (Å²) in [5, 5.41) is 0.660. The van der Waals surface area contributed by atoms with Crippen LogP contribution in [0.3, 0.4) is 0 Å². The van der Waals surface area contributed by atoms with Gasteiger partial charge in [-0.3, -0.25) is 4.79 Å². The van der Waals surface area contributed by atoms with Gasteiger partial charge in [0.25, 0.3) is 0 Å². The third-order valence-corrected chi connectivity index (χ3v) is 7.92. The van der Waals surface area contributed by atoms with E-state index < -0.39 is 23.3 Å². The first-order valence-electron chi connectivity index (χ1n) is 14.0. The number of carbonyl (C=O) groups excluding carboxylic acids is 2. The number of unbranched alkanes of at least 4 members (excludes halogenated alkanes) is 3. The molecule has 0 unspecified atom stereocenters. The summed E-state index contributed by atoms with van der Waals surface area (Å²) in [6.07, 6.45) is 1.41. The fourth-order valence-electron chi connectivity index (χ4n) is 4.35. The number of esters is 1. The van der Waals surface area contributed by atoms with Gasteiger partial charge in [0.1, 0.15) is 10.8 Å². The molecule has 2 aromatic carbocycles. The first-order valence-corrected chi connectivity index (χ1v) is 14.8. The zero-order valence-corrected chi connectivity index (χ0v) is 25.1. The number of ether oxygens (including phenoxy) is 2. The van der Waals surface area contributed by atoms with Gasteiger partial charge in [-0.1, -0.05) is 38.3 Å². The Labute approximate surface area is 244 Å².